The summed E-state index contributed by atoms with van der Waals surface area (Å²) < 4.78 is 0. The molecule has 2 N–H and O–H groups in total. The Bertz CT molecular complexity index is 755. The predicted octanol–water partition coefficient (Wildman–Crippen LogP) is 2.98. The van der Waals surface area contributed by atoms with E-state index in [2.05, 4.69) is 38.4 Å². The molecule has 126 valence electrons. The lowest BCUT2D eigenvalue weighted by Crippen LogP contribution is -2.31. The smallest absolute Gasteiger partial charge is 0.134 e. The molecule has 1 aliphatic heterocycles. The molecule has 2 aromatic rings. The zero-order chi connectivity index (χ0) is 16.7. The van der Waals surface area contributed by atoms with Crippen molar-refractivity contribution in [3.8, 4) is 0 Å². The average Bonchev–Trinajstić information content (AvgIpc) is 3.37. The first kappa shape index (κ1) is 15.4. The van der Waals surface area contributed by atoms with Gasteiger partial charge in [-0.2, -0.15) is 0 Å². The van der Waals surface area contributed by atoms with Gasteiger partial charge in [0.15, 0.2) is 0 Å². The van der Waals surface area contributed by atoms with E-state index in [1.807, 2.05) is 19.9 Å². The van der Waals surface area contributed by atoms with Gasteiger partial charge < -0.3 is 15.3 Å². The maximum atomic E-state index is 9.76. The maximum Gasteiger partial charge on any atom is 0.134 e. The number of aliphatic hydroxyl groups excluding tert-OH is 1. The van der Waals surface area contributed by atoms with Crippen LogP contribution >= 0.6 is 0 Å². The highest BCUT2D eigenvalue weighted by Gasteiger charge is 2.23. The second-order valence-electron chi connectivity index (χ2n) is 6.95. The Kier molecular flexibility index (Phi) is 3.88. The van der Waals surface area contributed by atoms with Crippen molar-refractivity contribution in [3.05, 3.63) is 46.8 Å². The first-order valence-corrected chi connectivity index (χ1v) is 8.75. The van der Waals surface area contributed by atoms with Crippen molar-refractivity contribution in [1.29, 1.82) is 0 Å². The minimum atomic E-state index is -0.408. The molecular weight excluding hydrogens is 300 g/mol. The van der Waals surface area contributed by atoms with E-state index in [1.165, 1.54) is 24.0 Å². The van der Waals surface area contributed by atoms with Crippen LogP contribution in [0.25, 0.3) is 0 Å². The molecule has 2 heterocycles. The van der Waals surface area contributed by atoms with E-state index in [1.54, 1.807) is 0 Å². The van der Waals surface area contributed by atoms with E-state index < -0.39 is 6.10 Å². The molecule has 0 radical (unpaired) electrons. The van der Waals surface area contributed by atoms with Gasteiger partial charge in [0, 0.05) is 25.2 Å². The third-order valence-corrected chi connectivity index (χ3v) is 4.80. The van der Waals surface area contributed by atoms with Crippen LogP contribution in [0.4, 0.5) is 11.6 Å². The molecule has 5 heteroatoms. The number of nitrogens with one attached hydrogen (secondary N) is 1. The predicted molar refractivity (Wildman–Crippen MR) is 95.2 cm³/mol. The van der Waals surface area contributed by atoms with E-state index >= 15 is 0 Å². The lowest BCUT2D eigenvalue weighted by molar-refractivity contribution is 0.199. The van der Waals surface area contributed by atoms with Crippen molar-refractivity contribution in [2.45, 2.75) is 51.8 Å². The van der Waals surface area contributed by atoms with Gasteiger partial charge in [-0.05, 0) is 49.8 Å². The number of aliphatic hydroxyl groups is 1. The summed E-state index contributed by atoms with van der Waals surface area (Å²) in [6, 6.07) is 8.97. The Morgan fingerprint density at radius 1 is 1.21 bits per heavy atom. The van der Waals surface area contributed by atoms with Crippen LogP contribution in [0.15, 0.2) is 24.3 Å². The summed E-state index contributed by atoms with van der Waals surface area (Å²) in [7, 11) is 0. The lowest BCUT2D eigenvalue weighted by Gasteiger charge is -2.30. The van der Waals surface area contributed by atoms with Crippen LogP contribution in [-0.4, -0.2) is 27.7 Å². The summed E-state index contributed by atoms with van der Waals surface area (Å²) in [5.74, 6) is 2.75. The number of aromatic nitrogens is 2. The third-order valence-electron chi connectivity index (χ3n) is 4.80. The summed E-state index contributed by atoms with van der Waals surface area (Å²) in [5.41, 5.74) is 3.65. The van der Waals surface area contributed by atoms with Gasteiger partial charge in [0.2, 0.25) is 0 Å². The van der Waals surface area contributed by atoms with E-state index in [4.69, 9.17) is 0 Å². The Balaban J connectivity index is 1.56. The summed E-state index contributed by atoms with van der Waals surface area (Å²) in [4.78, 5) is 11.5. The van der Waals surface area contributed by atoms with Crippen LogP contribution in [0, 0.1) is 6.92 Å². The van der Waals surface area contributed by atoms with Crippen molar-refractivity contribution in [2.24, 2.45) is 0 Å². The molecule has 2 aliphatic rings. The quantitative estimate of drug-likeness (QED) is 0.905. The molecule has 1 atom stereocenters. The lowest BCUT2D eigenvalue weighted by atomic mass is 9.96. The zero-order valence-electron chi connectivity index (χ0n) is 14.3. The van der Waals surface area contributed by atoms with Gasteiger partial charge in [-0.3, -0.25) is 0 Å². The normalized spacial score (nSPS) is 18.2. The number of aryl methyl sites for hydroxylation is 1. The summed E-state index contributed by atoms with van der Waals surface area (Å²) in [6.45, 7) is 5.56. The van der Waals surface area contributed by atoms with Crippen molar-refractivity contribution in [2.75, 3.05) is 16.8 Å². The topological polar surface area (TPSA) is 61.3 Å². The molecule has 1 aromatic carbocycles. The fourth-order valence-electron chi connectivity index (χ4n) is 3.25. The van der Waals surface area contributed by atoms with Crippen LogP contribution < -0.4 is 10.2 Å². The first-order chi connectivity index (χ1) is 11.6. The van der Waals surface area contributed by atoms with Crippen LogP contribution in [0.3, 0.4) is 0 Å². The Hall–Kier alpha value is -2.14. The number of fused-ring (bicyclic) bond motifs is 1. The Morgan fingerprint density at radius 3 is 2.79 bits per heavy atom. The molecule has 1 aromatic heterocycles. The van der Waals surface area contributed by atoms with Crippen molar-refractivity contribution < 1.29 is 5.11 Å². The molecule has 1 fully saturated rings. The second-order valence-corrected chi connectivity index (χ2v) is 6.95. The number of hydrogen-bond acceptors (Lipinski definition) is 5. The van der Waals surface area contributed by atoms with Gasteiger partial charge in [0.05, 0.1) is 6.10 Å². The molecule has 1 saturated carbocycles. The molecule has 24 heavy (non-hydrogen) atoms. The number of benzene rings is 1. The fraction of sp³-hybridized carbons (Fsp3) is 0.474. The molecule has 0 saturated heterocycles. The van der Waals surface area contributed by atoms with Gasteiger partial charge in [0.1, 0.15) is 17.5 Å². The molecular formula is C19H24N4O. The zero-order valence-corrected chi connectivity index (χ0v) is 14.3. The molecule has 0 bridgehead atoms. The second kappa shape index (κ2) is 6.06. The van der Waals surface area contributed by atoms with Gasteiger partial charge in [0.25, 0.3) is 0 Å². The van der Waals surface area contributed by atoms with Gasteiger partial charge in [-0.1, -0.05) is 18.2 Å². The number of nitrogens with zero attached hydrogens (tertiary/aromatic N) is 3. The van der Waals surface area contributed by atoms with Crippen LogP contribution in [0.2, 0.25) is 0 Å². The first-order valence-electron chi connectivity index (χ1n) is 8.75. The highest BCUT2D eigenvalue weighted by atomic mass is 16.3. The molecule has 0 unspecified atom stereocenters. The third kappa shape index (κ3) is 3.22. The minimum Gasteiger partial charge on any atom is -0.389 e. The highest BCUT2D eigenvalue weighted by molar-refractivity contribution is 5.52. The fourth-order valence-corrected chi connectivity index (χ4v) is 3.25. The molecule has 5 nitrogen and oxygen atoms in total. The van der Waals surface area contributed by atoms with Crippen LogP contribution in [-0.2, 0) is 13.0 Å². The van der Waals surface area contributed by atoms with Crippen molar-refractivity contribution >= 4 is 11.6 Å². The Labute approximate surface area is 142 Å². The van der Waals surface area contributed by atoms with Gasteiger partial charge in [-0.15, -0.1) is 0 Å². The summed E-state index contributed by atoms with van der Waals surface area (Å²) >= 11 is 0. The van der Waals surface area contributed by atoms with Crippen LogP contribution in [0.5, 0.6) is 0 Å². The summed E-state index contributed by atoms with van der Waals surface area (Å²) in [5, 5.41) is 13.2. The molecule has 1 aliphatic carbocycles. The van der Waals surface area contributed by atoms with E-state index in [0.29, 0.717) is 6.04 Å². The molecule has 0 amide bonds. The monoisotopic (exact) mass is 324 g/mol. The van der Waals surface area contributed by atoms with Crippen molar-refractivity contribution in [1.82, 2.24) is 9.97 Å². The van der Waals surface area contributed by atoms with Gasteiger partial charge in [-0.25, -0.2) is 9.97 Å². The SMILES string of the molecule is Cc1nc(NC2CC2)cc(N2CCc3cc([C@H](C)O)ccc3C2)n1. The van der Waals surface area contributed by atoms with Crippen LogP contribution in [0.1, 0.15) is 48.4 Å². The maximum absolute atomic E-state index is 9.76. The highest BCUT2D eigenvalue weighted by Crippen LogP contribution is 2.29. The number of anilines is 2. The van der Waals surface area contributed by atoms with E-state index in [0.717, 1.165) is 42.5 Å². The van der Waals surface area contributed by atoms with Crippen molar-refractivity contribution in [3.63, 3.8) is 0 Å². The molecule has 0 spiro atoms. The minimum absolute atomic E-state index is 0.408. The largest absolute Gasteiger partial charge is 0.389 e. The number of hydrogen-bond donors (Lipinski definition) is 2. The Morgan fingerprint density at radius 2 is 2.04 bits per heavy atom. The summed E-state index contributed by atoms with van der Waals surface area (Å²) in [6.07, 6.45) is 3.04. The van der Waals surface area contributed by atoms with E-state index in [-0.39, 0.29) is 0 Å². The average molecular weight is 324 g/mol. The standard InChI is InChI=1S/C19H24N4O/c1-12(24)14-3-4-16-11-23(8-7-15(16)9-14)19-10-18(20-13(2)21-19)22-17-5-6-17/h3-4,9-10,12,17,24H,5-8,11H2,1-2H3,(H,20,21,22)/t12-/m0/s1. The number of rotatable bonds is 4. The molecule has 4 rings (SSSR count). The van der Waals surface area contributed by atoms with E-state index in [9.17, 15) is 5.11 Å². The van der Waals surface area contributed by atoms with Gasteiger partial charge >= 0.3 is 0 Å².